The Balaban J connectivity index is 3.02. The standard InChI is InChI=1S/C22H44O3/c1-2-21(23)19-17-15-13-11-9-7-5-3-4-6-8-10-12-14-16-18-20-22(24)25/h21,23H,2-20H2,1H3,(H,24,25). The summed E-state index contributed by atoms with van der Waals surface area (Å²) >= 11 is 0. The minimum Gasteiger partial charge on any atom is -0.481 e. The molecule has 0 heterocycles. The van der Waals surface area contributed by atoms with E-state index < -0.39 is 5.97 Å². The molecule has 150 valence electrons. The molecule has 0 spiro atoms. The van der Waals surface area contributed by atoms with Crippen LogP contribution < -0.4 is 0 Å². The molecule has 3 heteroatoms. The molecule has 0 aliphatic carbocycles. The molecule has 0 radical (unpaired) electrons. The molecule has 0 amide bonds. The van der Waals surface area contributed by atoms with Crippen LogP contribution in [-0.4, -0.2) is 22.3 Å². The normalized spacial score (nSPS) is 12.4. The summed E-state index contributed by atoms with van der Waals surface area (Å²) in [7, 11) is 0. The van der Waals surface area contributed by atoms with Gasteiger partial charge in [-0.15, -0.1) is 0 Å². The van der Waals surface area contributed by atoms with Gasteiger partial charge in [-0.2, -0.15) is 0 Å². The maximum absolute atomic E-state index is 10.4. The minimum atomic E-state index is -0.660. The van der Waals surface area contributed by atoms with Gasteiger partial charge in [0.25, 0.3) is 0 Å². The summed E-state index contributed by atoms with van der Waals surface area (Å²) < 4.78 is 0. The molecule has 0 bridgehead atoms. The first kappa shape index (κ1) is 24.4. The van der Waals surface area contributed by atoms with E-state index in [0.717, 1.165) is 25.7 Å². The van der Waals surface area contributed by atoms with E-state index >= 15 is 0 Å². The Hall–Kier alpha value is -0.570. The van der Waals surface area contributed by atoms with Gasteiger partial charge in [0.1, 0.15) is 0 Å². The van der Waals surface area contributed by atoms with Crippen molar-refractivity contribution in [3.05, 3.63) is 0 Å². The first-order chi connectivity index (χ1) is 12.2. The number of aliphatic carboxylic acids is 1. The highest BCUT2D eigenvalue weighted by Gasteiger charge is 2.00. The number of rotatable bonds is 20. The van der Waals surface area contributed by atoms with Crippen molar-refractivity contribution in [1.82, 2.24) is 0 Å². The second-order valence-electron chi connectivity index (χ2n) is 7.65. The van der Waals surface area contributed by atoms with Crippen LogP contribution in [0.1, 0.15) is 129 Å². The number of aliphatic hydroxyl groups is 1. The fourth-order valence-corrected chi connectivity index (χ4v) is 3.34. The third-order valence-corrected chi connectivity index (χ3v) is 5.15. The molecule has 1 unspecified atom stereocenters. The van der Waals surface area contributed by atoms with Crippen molar-refractivity contribution in [2.24, 2.45) is 0 Å². The van der Waals surface area contributed by atoms with Gasteiger partial charge in [0.15, 0.2) is 0 Å². The number of aliphatic hydroxyl groups excluding tert-OH is 1. The molecule has 3 nitrogen and oxygen atoms in total. The lowest BCUT2D eigenvalue weighted by Crippen LogP contribution is -2.03. The molecule has 2 N–H and O–H groups in total. The third kappa shape index (κ3) is 21.4. The molecule has 0 aliphatic heterocycles. The SMILES string of the molecule is CCC(O)CCCCCCCCCCCCCCCCCCC(=O)O. The van der Waals surface area contributed by atoms with Gasteiger partial charge in [-0.05, 0) is 19.3 Å². The van der Waals surface area contributed by atoms with Crippen molar-refractivity contribution in [3.63, 3.8) is 0 Å². The first-order valence-electron chi connectivity index (χ1n) is 11.1. The van der Waals surface area contributed by atoms with Crippen LogP contribution in [0.25, 0.3) is 0 Å². The van der Waals surface area contributed by atoms with Gasteiger partial charge in [-0.3, -0.25) is 4.79 Å². The van der Waals surface area contributed by atoms with Crippen molar-refractivity contribution >= 4 is 5.97 Å². The largest absolute Gasteiger partial charge is 0.481 e. The van der Waals surface area contributed by atoms with Gasteiger partial charge < -0.3 is 10.2 Å². The Bertz CT molecular complexity index is 278. The van der Waals surface area contributed by atoms with E-state index in [0.29, 0.717) is 6.42 Å². The fraction of sp³-hybridized carbons (Fsp3) is 0.955. The summed E-state index contributed by atoms with van der Waals surface area (Å²) in [6, 6.07) is 0. The molecule has 0 aliphatic rings. The summed E-state index contributed by atoms with van der Waals surface area (Å²) in [4.78, 5) is 10.4. The summed E-state index contributed by atoms with van der Waals surface area (Å²) in [6.45, 7) is 2.05. The molecule has 0 fully saturated rings. The highest BCUT2D eigenvalue weighted by atomic mass is 16.4. The summed E-state index contributed by atoms with van der Waals surface area (Å²) in [5.41, 5.74) is 0. The Kier molecular flexibility index (Phi) is 19.3. The molecule has 25 heavy (non-hydrogen) atoms. The molecule has 0 aromatic carbocycles. The van der Waals surface area contributed by atoms with Crippen molar-refractivity contribution in [1.29, 1.82) is 0 Å². The first-order valence-corrected chi connectivity index (χ1v) is 11.1. The van der Waals surface area contributed by atoms with Crippen LogP contribution in [-0.2, 0) is 4.79 Å². The topological polar surface area (TPSA) is 57.5 Å². The molecule has 0 aromatic rings. The molecule has 0 saturated heterocycles. The summed E-state index contributed by atoms with van der Waals surface area (Å²) in [5, 5.41) is 18.0. The van der Waals surface area contributed by atoms with Crippen LogP contribution in [0.3, 0.4) is 0 Å². The predicted molar refractivity (Wildman–Crippen MR) is 107 cm³/mol. The molecule has 1 atom stereocenters. The van der Waals surface area contributed by atoms with E-state index in [1.54, 1.807) is 0 Å². The highest BCUT2D eigenvalue weighted by Crippen LogP contribution is 2.14. The Morgan fingerprint density at radius 2 is 0.960 bits per heavy atom. The number of carboxylic acid groups (broad SMARTS) is 1. The molecular formula is C22H44O3. The maximum Gasteiger partial charge on any atom is 0.303 e. The maximum atomic E-state index is 10.4. The van der Waals surface area contributed by atoms with E-state index in [4.69, 9.17) is 5.11 Å². The van der Waals surface area contributed by atoms with Gasteiger partial charge >= 0.3 is 5.97 Å². The van der Waals surface area contributed by atoms with Crippen LogP contribution in [0.4, 0.5) is 0 Å². The van der Waals surface area contributed by atoms with Gasteiger partial charge in [0, 0.05) is 6.42 Å². The molecule has 0 saturated carbocycles. The number of unbranched alkanes of at least 4 members (excludes halogenated alkanes) is 15. The van der Waals surface area contributed by atoms with E-state index in [1.807, 2.05) is 0 Å². The third-order valence-electron chi connectivity index (χ3n) is 5.15. The van der Waals surface area contributed by atoms with Crippen molar-refractivity contribution in [3.8, 4) is 0 Å². The van der Waals surface area contributed by atoms with Crippen LogP contribution >= 0.6 is 0 Å². The highest BCUT2D eigenvalue weighted by molar-refractivity contribution is 5.66. The zero-order valence-electron chi connectivity index (χ0n) is 16.8. The lowest BCUT2D eigenvalue weighted by Gasteiger charge is -2.06. The van der Waals surface area contributed by atoms with E-state index in [-0.39, 0.29) is 6.10 Å². The smallest absolute Gasteiger partial charge is 0.303 e. The molecule has 0 aromatic heterocycles. The Morgan fingerprint density at radius 1 is 0.640 bits per heavy atom. The van der Waals surface area contributed by atoms with Crippen LogP contribution in [0.2, 0.25) is 0 Å². The minimum absolute atomic E-state index is 0.0723. The number of hydrogen-bond donors (Lipinski definition) is 2. The zero-order chi connectivity index (χ0) is 18.6. The van der Waals surface area contributed by atoms with E-state index in [9.17, 15) is 9.90 Å². The summed E-state index contributed by atoms with van der Waals surface area (Å²) in [6.07, 6.45) is 22.7. The number of hydrogen-bond acceptors (Lipinski definition) is 2. The average Bonchev–Trinajstić information content (AvgIpc) is 2.60. The van der Waals surface area contributed by atoms with Crippen LogP contribution in [0.15, 0.2) is 0 Å². The zero-order valence-corrected chi connectivity index (χ0v) is 16.8. The summed E-state index contributed by atoms with van der Waals surface area (Å²) in [5.74, 6) is -0.660. The average molecular weight is 357 g/mol. The number of carbonyl (C=O) groups is 1. The predicted octanol–water partition coefficient (Wildman–Crippen LogP) is 6.86. The van der Waals surface area contributed by atoms with Gasteiger partial charge in [-0.25, -0.2) is 0 Å². The van der Waals surface area contributed by atoms with Crippen LogP contribution in [0.5, 0.6) is 0 Å². The van der Waals surface area contributed by atoms with Crippen molar-refractivity contribution < 1.29 is 15.0 Å². The molecular weight excluding hydrogens is 312 g/mol. The van der Waals surface area contributed by atoms with Gasteiger partial charge in [0.2, 0.25) is 0 Å². The van der Waals surface area contributed by atoms with Gasteiger partial charge in [-0.1, -0.05) is 103 Å². The Labute approximate surface area is 156 Å². The molecule has 0 rings (SSSR count). The van der Waals surface area contributed by atoms with Gasteiger partial charge in [0.05, 0.1) is 6.10 Å². The van der Waals surface area contributed by atoms with E-state index in [2.05, 4.69) is 6.92 Å². The lowest BCUT2D eigenvalue weighted by atomic mass is 10.0. The quantitative estimate of drug-likeness (QED) is 0.234. The van der Waals surface area contributed by atoms with Crippen molar-refractivity contribution in [2.75, 3.05) is 0 Å². The lowest BCUT2D eigenvalue weighted by molar-refractivity contribution is -0.137. The monoisotopic (exact) mass is 356 g/mol. The Morgan fingerprint density at radius 3 is 1.28 bits per heavy atom. The number of carboxylic acids is 1. The second-order valence-corrected chi connectivity index (χ2v) is 7.65. The fourth-order valence-electron chi connectivity index (χ4n) is 3.34. The van der Waals surface area contributed by atoms with E-state index in [1.165, 1.54) is 89.9 Å². The van der Waals surface area contributed by atoms with Crippen molar-refractivity contribution in [2.45, 2.75) is 135 Å². The second kappa shape index (κ2) is 19.8. The van der Waals surface area contributed by atoms with Crippen LogP contribution in [0, 0.1) is 0 Å².